The molecule has 4 rings (SSSR count). The molecule has 0 unspecified atom stereocenters. The molecular weight excluding hydrogens is 401 g/mol. The molecule has 1 N–H and O–H groups in total. The fourth-order valence-corrected chi connectivity index (χ4v) is 7.50. The van der Waals surface area contributed by atoms with E-state index in [9.17, 15) is 4.79 Å². The maximum Gasteiger partial charge on any atom is 0.243 e. The van der Waals surface area contributed by atoms with Gasteiger partial charge in [0.05, 0.1) is 6.10 Å². The van der Waals surface area contributed by atoms with E-state index in [2.05, 4.69) is 42.2 Å². The average Bonchev–Trinajstić information content (AvgIpc) is 2.78. The van der Waals surface area contributed by atoms with E-state index in [4.69, 9.17) is 3.07 Å². The predicted octanol–water partition coefficient (Wildman–Crippen LogP) is 4.41. The maximum atomic E-state index is 12.0. The lowest BCUT2D eigenvalue weighted by Gasteiger charge is -2.57. The molecule has 1 aliphatic heterocycles. The Labute approximate surface area is 153 Å². The molecule has 0 aromatic carbocycles. The molecule has 4 heteroatoms. The third kappa shape index (κ3) is 2.34. The van der Waals surface area contributed by atoms with Crippen LogP contribution in [0.15, 0.2) is 11.6 Å². The van der Waals surface area contributed by atoms with Crippen molar-refractivity contribution in [2.75, 3.05) is 6.54 Å². The summed E-state index contributed by atoms with van der Waals surface area (Å²) in [4.78, 5) is 12.0. The van der Waals surface area contributed by atoms with Crippen LogP contribution in [0.4, 0.5) is 0 Å². The summed E-state index contributed by atoms with van der Waals surface area (Å²) in [5.41, 5.74) is 2.03. The monoisotopic (exact) mass is 429 g/mol. The van der Waals surface area contributed by atoms with E-state index in [1.54, 1.807) is 0 Å². The van der Waals surface area contributed by atoms with Crippen molar-refractivity contribution in [2.24, 2.45) is 28.6 Å². The van der Waals surface area contributed by atoms with Crippen LogP contribution in [0.5, 0.6) is 0 Å². The Morgan fingerprint density at radius 3 is 2.78 bits per heavy atom. The van der Waals surface area contributed by atoms with Crippen molar-refractivity contribution in [1.82, 2.24) is 5.32 Å². The van der Waals surface area contributed by atoms with Gasteiger partial charge in [-0.2, -0.15) is 0 Å². The second-order valence-electron chi connectivity index (χ2n) is 8.74. The molecule has 6 atom stereocenters. The molecule has 0 radical (unpaired) electrons. The molecule has 0 aromatic heterocycles. The summed E-state index contributed by atoms with van der Waals surface area (Å²) >= 11 is 2.12. The zero-order valence-electron chi connectivity index (χ0n) is 14.2. The highest BCUT2D eigenvalue weighted by Gasteiger charge is 2.59. The van der Waals surface area contributed by atoms with Crippen molar-refractivity contribution in [1.29, 1.82) is 0 Å². The van der Waals surface area contributed by atoms with Crippen molar-refractivity contribution in [3.8, 4) is 0 Å². The van der Waals surface area contributed by atoms with Crippen LogP contribution >= 0.6 is 23.0 Å². The van der Waals surface area contributed by atoms with E-state index in [1.807, 2.05) is 6.08 Å². The van der Waals surface area contributed by atoms with Crippen LogP contribution in [-0.2, 0) is 7.86 Å². The first-order chi connectivity index (χ1) is 11.0. The molecule has 3 fully saturated rings. The first-order valence-corrected chi connectivity index (χ1v) is 10.1. The predicted molar refractivity (Wildman–Crippen MR) is 99.0 cm³/mol. The third-order valence-corrected chi connectivity index (χ3v) is 8.62. The highest BCUT2D eigenvalue weighted by molar-refractivity contribution is 14.1. The average molecular weight is 429 g/mol. The Balaban J connectivity index is 1.67. The van der Waals surface area contributed by atoms with Gasteiger partial charge in [0.25, 0.3) is 0 Å². The molecule has 3 saturated carbocycles. The van der Waals surface area contributed by atoms with E-state index < -0.39 is 0 Å². The van der Waals surface area contributed by atoms with Gasteiger partial charge in [-0.15, -0.1) is 0 Å². The summed E-state index contributed by atoms with van der Waals surface area (Å²) in [6.07, 6.45) is 11.0. The van der Waals surface area contributed by atoms with Crippen LogP contribution in [0.25, 0.3) is 0 Å². The Hall–Kier alpha value is -0.100. The fraction of sp³-hybridized carbons (Fsp3) is 0.842. The van der Waals surface area contributed by atoms with E-state index in [1.165, 1.54) is 37.7 Å². The Kier molecular flexibility index (Phi) is 4.07. The van der Waals surface area contributed by atoms with Crippen LogP contribution < -0.4 is 5.32 Å². The van der Waals surface area contributed by atoms with Gasteiger partial charge in [-0.3, -0.25) is 4.79 Å². The summed E-state index contributed by atoms with van der Waals surface area (Å²) in [6.45, 7) is 5.76. The fourth-order valence-electron chi connectivity index (χ4n) is 6.66. The van der Waals surface area contributed by atoms with Gasteiger partial charge in [-0.25, -0.2) is 0 Å². The standard InChI is InChI=1S/C19H28INO2/c1-18-9-10-21-17(22)11-12(18)3-4-13-14-5-6-16(23-20)19(14,2)8-7-15(13)18/h11,13-16H,3-10H2,1-2H3,(H,21,22)/t13-,14-,15-,16-,18-,19-/m0/s1. The van der Waals surface area contributed by atoms with Crippen LogP contribution in [0, 0.1) is 28.6 Å². The minimum Gasteiger partial charge on any atom is -0.353 e. The number of nitrogens with one attached hydrogen (secondary N) is 1. The van der Waals surface area contributed by atoms with Crippen LogP contribution in [0.3, 0.4) is 0 Å². The molecule has 4 aliphatic rings. The van der Waals surface area contributed by atoms with Crippen molar-refractivity contribution in [3.63, 3.8) is 0 Å². The summed E-state index contributed by atoms with van der Waals surface area (Å²) in [5.74, 6) is 2.51. The van der Waals surface area contributed by atoms with Gasteiger partial charge < -0.3 is 8.38 Å². The van der Waals surface area contributed by atoms with E-state index in [0.717, 1.165) is 37.1 Å². The quantitative estimate of drug-likeness (QED) is 0.628. The van der Waals surface area contributed by atoms with Crippen molar-refractivity contribution in [3.05, 3.63) is 11.6 Å². The summed E-state index contributed by atoms with van der Waals surface area (Å²) < 4.78 is 5.83. The SMILES string of the molecule is C[C@]12CC[C@H]3[C@@H](CCC4=CC(=O)NCC[C@@]43C)[C@@H]1CC[C@@H]2OI. The second kappa shape index (κ2) is 5.72. The van der Waals surface area contributed by atoms with Crippen molar-refractivity contribution in [2.45, 2.75) is 64.9 Å². The minimum absolute atomic E-state index is 0.127. The number of hydrogen-bond donors (Lipinski definition) is 1. The zero-order valence-corrected chi connectivity index (χ0v) is 16.4. The molecule has 0 saturated heterocycles. The number of hydrogen-bond acceptors (Lipinski definition) is 2. The second-order valence-corrected chi connectivity index (χ2v) is 9.25. The van der Waals surface area contributed by atoms with Crippen molar-refractivity contribution >= 4 is 28.9 Å². The molecule has 3 nitrogen and oxygen atoms in total. The maximum absolute atomic E-state index is 12.0. The molecule has 0 bridgehead atoms. The van der Waals surface area contributed by atoms with Crippen LogP contribution in [-0.4, -0.2) is 18.6 Å². The Morgan fingerprint density at radius 1 is 1.17 bits per heavy atom. The Bertz CT molecular complexity index is 547. The number of amides is 1. The minimum atomic E-state index is 0.127. The summed E-state index contributed by atoms with van der Waals surface area (Å²) in [6, 6.07) is 0. The van der Waals surface area contributed by atoms with Crippen LogP contribution in [0.1, 0.15) is 58.8 Å². The zero-order chi connectivity index (χ0) is 16.2. The third-order valence-electron chi connectivity index (χ3n) is 8.01. The van der Waals surface area contributed by atoms with E-state index in [-0.39, 0.29) is 11.3 Å². The highest BCUT2D eigenvalue weighted by Crippen LogP contribution is 2.65. The van der Waals surface area contributed by atoms with Crippen LogP contribution in [0.2, 0.25) is 0 Å². The molecule has 1 amide bonds. The smallest absolute Gasteiger partial charge is 0.243 e. The summed E-state index contributed by atoms with van der Waals surface area (Å²) in [7, 11) is 0. The van der Waals surface area contributed by atoms with Gasteiger partial charge in [0, 0.05) is 12.6 Å². The Morgan fingerprint density at radius 2 is 2.00 bits per heavy atom. The van der Waals surface area contributed by atoms with Gasteiger partial charge in [-0.05, 0) is 73.5 Å². The highest BCUT2D eigenvalue weighted by atomic mass is 127. The molecule has 23 heavy (non-hydrogen) atoms. The first-order valence-electron chi connectivity index (χ1n) is 9.25. The van der Waals surface area contributed by atoms with Gasteiger partial charge in [0.15, 0.2) is 0 Å². The molecule has 1 heterocycles. The molecular formula is C19H28INO2. The lowest BCUT2D eigenvalue weighted by Crippen LogP contribution is -2.50. The number of halogens is 1. The first kappa shape index (κ1) is 16.4. The molecule has 0 aromatic rings. The number of carbonyl (C=O) groups excluding carboxylic acids is 1. The number of carbonyl (C=O) groups is 1. The normalized spacial score (nSPS) is 49.3. The van der Waals surface area contributed by atoms with Gasteiger partial charge in [0.1, 0.15) is 23.0 Å². The summed E-state index contributed by atoms with van der Waals surface area (Å²) in [5, 5.41) is 3.06. The number of allylic oxidation sites excluding steroid dienone is 1. The topological polar surface area (TPSA) is 38.3 Å². The number of rotatable bonds is 1. The van der Waals surface area contributed by atoms with E-state index in [0.29, 0.717) is 11.5 Å². The van der Waals surface area contributed by atoms with Gasteiger partial charge in [0.2, 0.25) is 5.91 Å². The van der Waals surface area contributed by atoms with E-state index >= 15 is 0 Å². The van der Waals surface area contributed by atoms with Gasteiger partial charge in [-0.1, -0.05) is 19.4 Å². The largest absolute Gasteiger partial charge is 0.353 e. The molecule has 0 spiro atoms. The van der Waals surface area contributed by atoms with Gasteiger partial charge >= 0.3 is 0 Å². The molecule has 128 valence electrons. The number of fused-ring (bicyclic) bond motifs is 5. The van der Waals surface area contributed by atoms with Crippen molar-refractivity contribution < 1.29 is 7.86 Å². The lowest BCUT2D eigenvalue weighted by atomic mass is 9.48. The lowest BCUT2D eigenvalue weighted by molar-refractivity contribution is -0.116. The molecule has 3 aliphatic carbocycles.